The van der Waals surface area contributed by atoms with Crippen molar-refractivity contribution in [3.63, 3.8) is 0 Å². The maximum Gasteiger partial charge on any atom is 0.354 e. The highest BCUT2D eigenvalue weighted by Crippen LogP contribution is 2.33. The highest BCUT2D eigenvalue weighted by molar-refractivity contribution is 5.97. The number of hydrogen-bond acceptors (Lipinski definition) is 4. The van der Waals surface area contributed by atoms with E-state index in [0.29, 0.717) is 23.8 Å². The van der Waals surface area contributed by atoms with E-state index in [-0.39, 0.29) is 18.2 Å². The van der Waals surface area contributed by atoms with Gasteiger partial charge in [-0.25, -0.2) is 4.79 Å². The van der Waals surface area contributed by atoms with Gasteiger partial charge in [0.2, 0.25) is 0 Å². The second kappa shape index (κ2) is 6.73. The largest absolute Gasteiger partial charge is 0.491 e. The van der Waals surface area contributed by atoms with Crippen molar-refractivity contribution in [2.24, 2.45) is 0 Å². The van der Waals surface area contributed by atoms with Crippen molar-refractivity contribution in [2.45, 2.75) is 46.8 Å². The molecule has 5 nitrogen and oxygen atoms in total. The summed E-state index contributed by atoms with van der Waals surface area (Å²) in [5.74, 6) is 1.02. The van der Waals surface area contributed by atoms with Crippen LogP contribution in [0.2, 0.25) is 0 Å². The number of carbonyl (C=O) groups is 1. The van der Waals surface area contributed by atoms with Crippen LogP contribution in [0.25, 0.3) is 10.9 Å². The number of carbonyl (C=O) groups excluding carboxylic acids is 1. The van der Waals surface area contributed by atoms with Gasteiger partial charge in [-0.15, -0.1) is 0 Å². The number of ether oxygens (including phenoxy) is 3. The zero-order chi connectivity index (χ0) is 16.3. The fourth-order valence-electron chi connectivity index (χ4n) is 2.19. The van der Waals surface area contributed by atoms with Crippen LogP contribution in [0.1, 0.15) is 45.1 Å². The maximum absolute atomic E-state index is 11.9. The summed E-state index contributed by atoms with van der Waals surface area (Å²) in [5, 5.41) is 0.841. The van der Waals surface area contributed by atoms with Crippen LogP contribution in [0.4, 0.5) is 0 Å². The summed E-state index contributed by atoms with van der Waals surface area (Å²) >= 11 is 0. The molecule has 22 heavy (non-hydrogen) atoms. The molecule has 0 saturated carbocycles. The lowest BCUT2D eigenvalue weighted by molar-refractivity contribution is 0.0520. The Labute approximate surface area is 130 Å². The maximum atomic E-state index is 11.9. The predicted octanol–water partition coefficient (Wildman–Crippen LogP) is 3.92. The first kappa shape index (κ1) is 16.2. The Balaban J connectivity index is 2.48. The highest BCUT2D eigenvalue weighted by Gasteiger charge is 2.16. The van der Waals surface area contributed by atoms with Crippen molar-refractivity contribution in [2.75, 3.05) is 6.61 Å². The molecule has 1 N–H and O–H groups in total. The molecule has 0 fully saturated rings. The fourth-order valence-corrected chi connectivity index (χ4v) is 2.19. The van der Waals surface area contributed by atoms with Crippen LogP contribution >= 0.6 is 0 Å². The quantitative estimate of drug-likeness (QED) is 0.822. The Kier molecular flexibility index (Phi) is 4.96. The Bertz CT molecular complexity index is 658. The number of hydrogen-bond donors (Lipinski definition) is 1. The van der Waals surface area contributed by atoms with Gasteiger partial charge in [-0.1, -0.05) is 0 Å². The molecule has 0 spiro atoms. The van der Waals surface area contributed by atoms with Crippen LogP contribution in [0, 0.1) is 0 Å². The molecule has 0 atom stereocenters. The molecular weight excluding hydrogens is 282 g/mol. The van der Waals surface area contributed by atoms with Crippen molar-refractivity contribution < 1.29 is 19.0 Å². The average Bonchev–Trinajstić information content (AvgIpc) is 2.81. The number of aromatic nitrogens is 1. The third kappa shape index (κ3) is 3.72. The van der Waals surface area contributed by atoms with Crippen molar-refractivity contribution in [1.82, 2.24) is 4.98 Å². The van der Waals surface area contributed by atoms with Crippen LogP contribution in [0.15, 0.2) is 18.2 Å². The Morgan fingerprint density at radius 1 is 1.09 bits per heavy atom. The number of rotatable bonds is 6. The molecule has 0 aliphatic heterocycles. The molecule has 0 amide bonds. The lowest BCUT2D eigenvalue weighted by atomic mass is 10.2. The van der Waals surface area contributed by atoms with Crippen LogP contribution in [0.5, 0.6) is 11.5 Å². The van der Waals surface area contributed by atoms with Gasteiger partial charge in [0.25, 0.3) is 0 Å². The summed E-state index contributed by atoms with van der Waals surface area (Å²) in [6.45, 7) is 9.97. The Morgan fingerprint density at radius 2 is 1.77 bits per heavy atom. The first-order valence-corrected chi connectivity index (χ1v) is 7.58. The third-order valence-corrected chi connectivity index (χ3v) is 2.90. The summed E-state index contributed by atoms with van der Waals surface area (Å²) in [4.78, 5) is 15.0. The molecule has 0 unspecified atom stereocenters. The lowest BCUT2D eigenvalue weighted by Crippen LogP contribution is -2.08. The molecule has 0 bridgehead atoms. The molecule has 120 valence electrons. The number of nitrogens with one attached hydrogen (secondary N) is 1. The molecule has 0 aliphatic rings. The van der Waals surface area contributed by atoms with Crippen LogP contribution in [-0.2, 0) is 4.74 Å². The summed E-state index contributed by atoms with van der Waals surface area (Å²) in [6, 6.07) is 5.47. The highest BCUT2D eigenvalue weighted by atomic mass is 16.5. The van der Waals surface area contributed by atoms with Gasteiger partial charge < -0.3 is 19.2 Å². The van der Waals surface area contributed by atoms with Crippen molar-refractivity contribution in [3.8, 4) is 11.5 Å². The van der Waals surface area contributed by atoms with Crippen molar-refractivity contribution in [1.29, 1.82) is 0 Å². The summed E-state index contributed by atoms with van der Waals surface area (Å²) < 4.78 is 16.6. The number of H-pyrrole nitrogens is 1. The van der Waals surface area contributed by atoms with E-state index in [9.17, 15) is 4.79 Å². The van der Waals surface area contributed by atoms with Gasteiger partial charge in [-0.2, -0.15) is 0 Å². The molecule has 2 rings (SSSR count). The van der Waals surface area contributed by atoms with Crippen molar-refractivity contribution in [3.05, 3.63) is 23.9 Å². The van der Waals surface area contributed by atoms with E-state index in [1.807, 2.05) is 39.8 Å². The zero-order valence-electron chi connectivity index (χ0n) is 13.7. The smallest absolute Gasteiger partial charge is 0.354 e. The minimum absolute atomic E-state index is 0.0263. The SMILES string of the molecule is CCOC(=O)c1cc2c(OC(C)C)cc(OC(C)C)cc2[nH]1. The average molecular weight is 305 g/mol. The van der Waals surface area contributed by atoms with Gasteiger partial charge in [0.05, 0.1) is 24.3 Å². The number of fused-ring (bicyclic) bond motifs is 1. The topological polar surface area (TPSA) is 60.6 Å². The normalized spacial score (nSPS) is 11.2. The molecule has 5 heteroatoms. The standard InChI is InChI=1S/C17H23NO4/c1-6-20-17(19)15-9-13-14(18-15)7-12(21-10(2)3)8-16(13)22-11(4)5/h7-11,18H,6H2,1-5H3. The molecule has 1 heterocycles. The van der Waals surface area contributed by atoms with Crippen molar-refractivity contribution >= 4 is 16.9 Å². The molecule has 1 aromatic carbocycles. The molecule has 2 aromatic rings. The third-order valence-electron chi connectivity index (χ3n) is 2.90. The van der Waals surface area contributed by atoms with Gasteiger partial charge in [0.15, 0.2) is 0 Å². The van der Waals surface area contributed by atoms with Crippen LogP contribution in [0.3, 0.4) is 0 Å². The first-order chi connectivity index (χ1) is 10.4. The summed E-state index contributed by atoms with van der Waals surface area (Å²) in [5.41, 5.74) is 1.20. The van der Waals surface area contributed by atoms with E-state index < -0.39 is 0 Å². The Morgan fingerprint density at radius 3 is 2.36 bits per heavy atom. The van der Waals surface area contributed by atoms with Gasteiger partial charge in [0.1, 0.15) is 17.2 Å². The molecule has 0 aliphatic carbocycles. The van der Waals surface area contributed by atoms with E-state index in [4.69, 9.17) is 14.2 Å². The van der Waals surface area contributed by atoms with E-state index in [1.54, 1.807) is 13.0 Å². The van der Waals surface area contributed by atoms with Crippen LogP contribution in [-0.4, -0.2) is 29.8 Å². The van der Waals surface area contributed by atoms with E-state index in [1.165, 1.54) is 0 Å². The summed E-state index contributed by atoms with van der Waals surface area (Å²) in [7, 11) is 0. The van der Waals surface area contributed by atoms with E-state index >= 15 is 0 Å². The minimum atomic E-state index is -0.375. The van der Waals surface area contributed by atoms with Crippen LogP contribution < -0.4 is 9.47 Å². The fraction of sp³-hybridized carbons (Fsp3) is 0.471. The predicted molar refractivity (Wildman–Crippen MR) is 85.8 cm³/mol. The van der Waals surface area contributed by atoms with Gasteiger partial charge in [-0.3, -0.25) is 0 Å². The number of benzene rings is 1. The summed E-state index contributed by atoms with van der Waals surface area (Å²) in [6.07, 6.45) is 0.0854. The second-order valence-electron chi connectivity index (χ2n) is 5.62. The van der Waals surface area contributed by atoms with Gasteiger partial charge in [0, 0.05) is 17.5 Å². The lowest BCUT2D eigenvalue weighted by Gasteiger charge is -2.14. The van der Waals surface area contributed by atoms with Gasteiger partial charge >= 0.3 is 5.97 Å². The zero-order valence-corrected chi connectivity index (χ0v) is 13.7. The molecular formula is C17H23NO4. The number of aromatic amines is 1. The van der Waals surface area contributed by atoms with E-state index in [0.717, 1.165) is 10.9 Å². The Hall–Kier alpha value is -2.17. The minimum Gasteiger partial charge on any atom is -0.491 e. The first-order valence-electron chi connectivity index (χ1n) is 7.58. The second-order valence-corrected chi connectivity index (χ2v) is 5.62. The van der Waals surface area contributed by atoms with Gasteiger partial charge in [-0.05, 0) is 40.7 Å². The number of esters is 1. The molecule has 0 radical (unpaired) electrons. The molecule has 1 aromatic heterocycles. The monoisotopic (exact) mass is 305 g/mol. The van der Waals surface area contributed by atoms with E-state index in [2.05, 4.69) is 4.98 Å². The molecule has 0 saturated heterocycles.